The molecule has 0 radical (unpaired) electrons. The van der Waals surface area contributed by atoms with E-state index in [0.717, 1.165) is 36.9 Å². The van der Waals surface area contributed by atoms with Crippen molar-refractivity contribution in [2.24, 2.45) is 0 Å². The van der Waals surface area contributed by atoms with Crippen LogP contribution in [-0.2, 0) is 19.4 Å². The van der Waals surface area contributed by atoms with E-state index in [0.29, 0.717) is 17.6 Å². The lowest BCUT2D eigenvalue weighted by Crippen LogP contribution is -2.30. The molecule has 0 aliphatic heterocycles. The molecule has 0 bridgehead atoms. The smallest absolute Gasteiger partial charge is 0.326 e. The summed E-state index contributed by atoms with van der Waals surface area (Å²) in [6.07, 6.45) is 4.75. The van der Waals surface area contributed by atoms with Crippen LogP contribution in [0.1, 0.15) is 30.5 Å². The highest BCUT2D eigenvalue weighted by Crippen LogP contribution is 2.20. The SMILES string of the molecule is O=c1[nH]c(=S)c2c(n1CCCO)CCCC2. The van der Waals surface area contributed by atoms with Crippen molar-refractivity contribution in [3.8, 4) is 0 Å². The summed E-state index contributed by atoms with van der Waals surface area (Å²) in [5.74, 6) is 0. The van der Waals surface area contributed by atoms with Crippen LogP contribution in [0.5, 0.6) is 0 Å². The zero-order chi connectivity index (χ0) is 11.5. The quantitative estimate of drug-likeness (QED) is 0.780. The highest BCUT2D eigenvalue weighted by Gasteiger charge is 2.15. The number of aromatic nitrogens is 2. The Balaban J connectivity index is 2.50. The molecule has 1 aliphatic rings. The van der Waals surface area contributed by atoms with Crippen LogP contribution in [0.3, 0.4) is 0 Å². The van der Waals surface area contributed by atoms with Gasteiger partial charge in [-0.25, -0.2) is 4.79 Å². The summed E-state index contributed by atoms with van der Waals surface area (Å²) in [5.41, 5.74) is 2.06. The predicted octanol–water partition coefficient (Wildman–Crippen LogP) is 1.17. The van der Waals surface area contributed by atoms with Crippen molar-refractivity contribution in [2.75, 3.05) is 6.61 Å². The molecule has 5 heteroatoms. The molecule has 1 aliphatic carbocycles. The van der Waals surface area contributed by atoms with Crippen molar-refractivity contribution < 1.29 is 5.11 Å². The number of aliphatic hydroxyl groups excluding tert-OH is 1. The van der Waals surface area contributed by atoms with E-state index in [1.165, 1.54) is 0 Å². The van der Waals surface area contributed by atoms with Crippen molar-refractivity contribution in [3.63, 3.8) is 0 Å². The summed E-state index contributed by atoms with van der Waals surface area (Å²) >= 11 is 5.18. The Bertz CT molecular complexity index is 490. The van der Waals surface area contributed by atoms with Crippen LogP contribution in [0, 0.1) is 4.64 Å². The molecule has 0 amide bonds. The zero-order valence-electron chi connectivity index (χ0n) is 9.16. The Morgan fingerprint density at radius 3 is 2.88 bits per heavy atom. The van der Waals surface area contributed by atoms with Gasteiger partial charge in [-0.05, 0) is 32.1 Å². The molecule has 1 aromatic rings. The molecule has 4 nitrogen and oxygen atoms in total. The molecule has 88 valence electrons. The predicted molar refractivity (Wildman–Crippen MR) is 64.2 cm³/mol. The van der Waals surface area contributed by atoms with Crippen LogP contribution < -0.4 is 5.69 Å². The zero-order valence-corrected chi connectivity index (χ0v) is 9.98. The van der Waals surface area contributed by atoms with Crippen LogP contribution in [-0.4, -0.2) is 21.3 Å². The van der Waals surface area contributed by atoms with Crippen molar-refractivity contribution in [1.29, 1.82) is 0 Å². The normalized spacial score (nSPS) is 14.8. The number of nitrogens with zero attached hydrogens (tertiary/aromatic N) is 1. The Morgan fingerprint density at radius 1 is 1.38 bits per heavy atom. The van der Waals surface area contributed by atoms with E-state index < -0.39 is 0 Å². The number of hydrogen-bond acceptors (Lipinski definition) is 3. The minimum atomic E-state index is -0.140. The minimum Gasteiger partial charge on any atom is -0.396 e. The molecule has 1 aromatic heterocycles. The summed E-state index contributed by atoms with van der Waals surface area (Å²) < 4.78 is 2.33. The fourth-order valence-corrected chi connectivity index (χ4v) is 2.57. The highest BCUT2D eigenvalue weighted by molar-refractivity contribution is 7.71. The third kappa shape index (κ3) is 2.10. The topological polar surface area (TPSA) is 58.0 Å². The first-order valence-electron chi connectivity index (χ1n) is 5.70. The molecule has 0 fully saturated rings. The van der Waals surface area contributed by atoms with Gasteiger partial charge in [0.05, 0.1) is 0 Å². The van der Waals surface area contributed by atoms with Crippen molar-refractivity contribution in [3.05, 3.63) is 26.4 Å². The number of nitrogens with one attached hydrogen (secondary N) is 1. The van der Waals surface area contributed by atoms with Gasteiger partial charge in [-0.1, -0.05) is 12.2 Å². The maximum Gasteiger partial charge on any atom is 0.326 e. The maximum absolute atomic E-state index is 11.8. The third-order valence-corrected chi connectivity index (χ3v) is 3.39. The molecule has 1 heterocycles. The van der Waals surface area contributed by atoms with E-state index in [2.05, 4.69) is 4.98 Å². The molecule has 0 unspecified atom stereocenters. The third-order valence-electron chi connectivity index (χ3n) is 3.04. The van der Waals surface area contributed by atoms with Crippen LogP contribution >= 0.6 is 12.2 Å². The summed E-state index contributed by atoms with van der Waals surface area (Å²) in [7, 11) is 0. The van der Waals surface area contributed by atoms with E-state index in [1.807, 2.05) is 0 Å². The molecule has 0 saturated heterocycles. The maximum atomic E-state index is 11.8. The lowest BCUT2D eigenvalue weighted by molar-refractivity contribution is 0.277. The van der Waals surface area contributed by atoms with Gasteiger partial charge in [0, 0.05) is 24.4 Å². The molecule has 0 saturated carbocycles. The average molecular weight is 240 g/mol. The molecule has 2 rings (SSSR count). The molecule has 0 atom stereocenters. The first-order chi connectivity index (χ1) is 7.74. The van der Waals surface area contributed by atoms with Gasteiger partial charge in [0.1, 0.15) is 4.64 Å². The molecule has 16 heavy (non-hydrogen) atoms. The van der Waals surface area contributed by atoms with Gasteiger partial charge in [0.2, 0.25) is 0 Å². The van der Waals surface area contributed by atoms with Gasteiger partial charge >= 0.3 is 5.69 Å². The van der Waals surface area contributed by atoms with Gasteiger partial charge in [-0.2, -0.15) is 0 Å². The summed E-state index contributed by atoms with van der Waals surface area (Å²) in [6, 6.07) is 0. The molecule has 2 N–H and O–H groups in total. The van der Waals surface area contributed by atoms with Crippen molar-refractivity contribution in [1.82, 2.24) is 9.55 Å². The number of rotatable bonds is 3. The molecular formula is C11H16N2O2S. The highest BCUT2D eigenvalue weighted by atomic mass is 32.1. The van der Waals surface area contributed by atoms with Crippen LogP contribution in [0.25, 0.3) is 0 Å². The average Bonchev–Trinajstić information content (AvgIpc) is 2.29. The van der Waals surface area contributed by atoms with Crippen LogP contribution in [0.4, 0.5) is 0 Å². The van der Waals surface area contributed by atoms with Gasteiger partial charge < -0.3 is 5.11 Å². The van der Waals surface area contributed by atoms with E-state index in [9.17, 15) is 4.79 Å². The Morgan fingerprint density at radius 2 is 2.12 bits per heavy atom. The van der Waals surface area contributed by atoms with E-state index in [-0.39, 0.29) is 12.3 Å². The van der Waals surface area contributed by atoms with Crippen LogP contribution in [0.15, 0.2) is 4.79 Å². The number of aromatic amines is 1. The number of fused-ring (bicyclic) bond motifs is 1. The fourth-order valence-electron chi connectivity index (χ4n) is 2.26. The van der Waals surface area contributed by atoms with Gasteiger partial charge in [-0.15, -0.1) is 0 Å². The second kappa shape index (κ2) is 4.93. The molecule has 0 aromatic carbocycles. The fraction of sp³-hybridized carbons (Fsp3) is 0.636. The Kier molecular flexibility index (Phi) is 3.56. The summed E-state index contributed by atoms with van der Waals surface area (Å²) in [5, 5.41) is 8.83. The lowest BCUT2D eigenvalue weighted by Gasteiger charge is -2.20. The molecular weight excluding hydrogens is 224 g/mol. The molecule has 0 spiro atoms. The van der Waals surface area contributed by atoms with E-state index >= 15 is 0 Å². The minimum absolute atomic E-state index is 0.108. The number of H-pyrrole nitrogens is 1. The van der Waals surface area contributed by atoms with Gasteiger partial charge in [0.25, 0.3) is 0 Å². The monoisotopic (exact) mass is 240 g/mol. The number of aliphatic hydroxyl groups is 1. The first-order valence-corrected chi connectivity index (χ1v) is 6.10. The lowest BCUT2D eigenvalue weighted by atomic mass is 9.97. The Labute approximate surface area is 98.9 Å². The van der Waals surface area contributed by atoms with E-state index in [1.54, 1.807) is 4.57 Å². The Hall–Kier alpha value is -0.940. The largest absolute Gasteiger partial charge is 0.396 e. The second-order valence-electron chi connectivity index (χ2n) is 4.12. The summed E-state index contributed by atoms with van der Waals surface area (Å²) in [4.78, 5) is 14.5. The van der Waals surface area contributed by atoms with Crippen LogP contribution in [0.2, 0.25) is 0 Å². The number of hydrogen-bond donors (Lipinski definition) is 2. The second-order valence-corrected chi connectivity index (χ2v) is 4.53. The standard InChI is InChI=1S/C11H16N2O2S/c14-7-3-6-13-9-5-2-1-4-8(9)10(16)12-11(13)15/h14H,1-7H2,(H,12,15,16). The van der Waals surface area contributed by atoms with Gasteiger partial charge in [-0.3, -0.25) is 9.55 Å². The van der Waals surface area contributed by atoms with Crippen molar-refractivity contribution in [2.45, 2.75) is 38.6 Å². The van der Waals surface area contributed by atoms with Gasteiger partial charge in [0.15, 0.2) is 0 Å². The summed E-state index contributed by atoms with van der Waals surface area (Å²) in [6.45, 7) is 0.681. The van der Waals surface area contributed by atoms with E-state index in [4.69, 9.17) is 17.3 Å². The first kappa shape index (κ1) is 11.5. The van der Waals surface area contributed by atoms with Crippen molar-refractivity contribution >= 4 is 12.2 Å².